The fraction of sp³-hybridized carbons (Fsp3) is 0.125. The summed E-state index contributed by atoms with van der Waals surface area (Å²) in [4.78, 5) is 15.7. The van der Waals surface area contributed by atoms with Crippen molar-refractivity contribution in [3.05, 3.63) is 130 Å². The minimum Gasteiger partial charge on any atom is -0.489 e. The van der Waals surface area contributed by atoms with Crippen LogP contribution in [0.3, 0.4) is 0 Å². The van der Waals surface area contributed by atoms with Crippen LogP contribution in [0.1, 0.15) is 38.8 Å². The summed E-state index contributed by atoms with van der Waals surface area (Å²) >= 11 is 6.15. The van der Waals surface area contributed by atoms with Gasteiger partial charge in [-0.05, 0) is 53.1 Å². The molecule has 0 radical (unpaired) electrons. The van der Waals surface area contributed by atoms with Crippen molar-refractivity contribution in [2.75, 3.05) is 6.79 Å². The lowest BCUT2D eigenvalue weighted by Crippen LogP contribution is -2.29. The molecular formula is C32H24ClN3O4. The molecule has 0 bridgehead atoms. The van der Waals surface area contributed by atoms with E-state index in [1.54, 1.807) is 0 Å². The number of rotatable bonds is 7. The Morgan fingerprint density at radius 2 is 1.68 bits per heavy atom. The molecule has 7 rings (SSSR count). The highest BCUT2D eigenvalue weighted by Crippen LogP contribution is 2.44. The van der Waals surface area contributed by atoms with Gasteiger partial charge < -0.3 is 19.1 Å². The molecule has 5 aromatic rings. The Morgan fingerprint density at radius 1 is 0.900 bits per heavy atom. The molecule has 0 saturated carbocycles. The summed E-state index contributed by atoms with van der Waals surface area (Å²) in [6.07, 6.45) is 0. The molecule has 0 saturated heterocycles. The van der Waals surface area contributed by atoms with Crippen molar-refractivity contribution >= 4 is 17.5 Å². The summed E-state index contributed by atoms with van der Waals surface area (Å²) in [6.45, 7) is 1.06. The molecule has 0 aliphatic carbocycles. The van der Waals surface area contributed by atoms with Crippen LogP contribution in [0.25, 0.3) is 11.3 Å². The Hall–Kier alpha value is -4.75. The Balaban J connectivity index is 1.24. The summed E-state index contributed by atoms with van der Waals surface area (Å²) in [5.41, 5.74) is 5.92. The topological polar surface area (TPSA) is 76.7 Å². The smallest absolute Gasteiger partial charge is 0.273 e. The molecular weight excluding hydrogens is 526 g/mol. The van der Waals surface area contributed by atoms with Crippen LogP contribution in [-0.2, 0) is 13.2 Å². The van der Waals surface area contributed by atoms with E-state index in [-0.39, 0.29) is 18.7 Å². The van der Waals surface area contributed by atoms with Gasteiger partial charge in [0.2, 0.25) is 6.79 Å². The number of hydrogen-bond acceptors (Lipinski definition) is 5. The van der Waals surface area contributed by atoms with Crippen LogP contribution in [0.2, 0.25) is 5.02 Å². The van der Waals surface area contributed by atoms with E-state index < -0.39 is 0 Å². The highest BCUT2D eigenvalue weighted by Gasteiger charge is 2.42. The number of hydrogen-bond donors (Lipinski definition) is 1. The van der Waals surface area contributed by atoms with Gasteiger partial charge in [0.25, 0.3) is 5.91 Å². The molecule has 4 aromatic carbocycles. The predicted molar refractivity (Wildman–Crippen MR) is 151 cm³/mol. The minimum absolute atomic E-state index is 0.116. The second-order valence-electron chi connectivity index (χ2n) is 9.73. The van der Waals surface area contributed by atoms with Gasteiger partial charge in [0, 0.05) is 22.7 Å². The van der Waals surface area contributed by atoms with E-state index in [1.807, 2.05) is 102 Å². The van der Waals surface area contributed by atoms with E-state index in [0.717, 1.165) is 39.3 Å². The fourth-order valence-electron chi connectivity index (χ4n) is 5.26. The van der Waals surface area contributed by atoms with Crippen LogP contribution in [0.15, 0.2) is 97.1 Å². The van der Waals surface area contributed by atoms with Crippen molar-refractivity contribution in [1.29, 1.82) is 0 Å². The van der Waals surface area contributed by atoms with E-state index in [0.29, 0.717) is 35.4 Å². The molecule has 7 nitrogen and oxygen atoms in total. The third-order valence-electron chi connectivity index (χ3n) is 7.22. The van der Waals surface area contributed by atoms with Crippen LogP contribution in [0, 0.1) is 0 Å². The lowest BCUT2D eigenvalue weighted by Gasteiger charge is -2.27. The van der Waals surface area contributed by atoms with Crippen molar-refractivity contribution in [3.8, 4) is 28.5 Å². The van der Waals surface area contributed by atoms with Crippen molar-refractivity contribution in [2.45, 2.75) is 19.2 Å². The fourth-order valence-corrected chi connectivity index (χ4v) is 5.38. The monoisotopic (exact) mass is 549 g/mol. The molecule has 1 amide bonds. The van der Waals surface area contributed by atoms with Crippen molar-refractivity contribution in [3.63, 3.8) is 0 Å². The highest BCUT2D eigenvalue weighted by molar-refractivity contribution is 6.30. The number of ether oxygens (including phenoxy) is 3. The van der Waals surface area contributed by atoms with Crippen LogP contribution in [0.4, 0.5) is 0 Å². The molecule has 1 atom stereocenters. The van der Waals surface area contributed by atoms with E-state index in [1.165, 1.54) is 0 Å². The maximum absolute atomic E-state index is 13.8. The highest BCUT2D eigenvalue weighted by atomic mass is 35.5. The first-order valence-corrected chi connectivity index (χ1v) is 13.3. The number of nitrogens with one attached hydrogen (secondary N) is 1. The molecule has 3 heterocycles. The van der Waals surface area contributed by atoms with Crippen LogP contribution in [0.5, 0.6) is 17.2 Å². The number of halogens is 1. The molecule has 0 fully saturated rings. The van der Waals surface area contributed by atoms with Gasteiger partial charge in [-0.25, -0.2) is 0 Å². The number of carbonyl (C=O) groups excluding carboxylic acids is 1. The Labute approximate surface area is 235 Å². The average molecular weight is 550 g/mol. The Bertz CT molecular complexity index is 1680. The Morgan fingerprint density at radius 3 is 2.48 bits per heavy atom. The maximum Gasteiger partial charge on any atom is 0.273 e. The zero-order chi connectivity index (χ0) is 27.1. The zero-order valence-electron chi connectivity index (χ0n) is 21.3. The molecule has 1 aromatic heterocycles. The lowest BCUT2D eigenvalue weighted by molar-refractivity contribution is 0.0730. The molecule has 2 aliphatic rings. The standard InChI is InChI=1S/C32H24ClN3O4/c33-24-11-7-22(8-12-24)29-28-30(35-34-29)32(37)36(17-21-6-15-26-27(16-21)40-19-39-26)31(28)23-9-13-25(14-10-23)38-18-20-4-2-1-3-5-20/h1-16,31H,17-19H2,(H,34,35). The minimum atomic E-state index is -0.361. The number of nitrogens with zero attached hydrogens (tertiary/aromatic N) is 2. The number of carbonyl (C=O) groups is 1. The quantitative estimate of drug-likeness (QED) is 0.242. The van der Waals surface area contributed by atoms with Crippen molar-refractivity contribution < 1.29 is 19.0 Å². The number of aromatic amines is 1. The summed E-state index contributed by atoms with van der Waals surface area (Å²) in [5, 5.41) is 8.21. The van der Waals surface area contributed by atoms with Crippen LogP contribution >= 0.6 is 11.6 Å². The first-order chi connectivity index (χ1) is 19.6. The largest absolute Gasteiger partial charge is 0.489 e. The molecule has 8 heteroatoms. The average Bonchev–Trinajstić information content (AvgIpc) is 3.70. The van der Waals surface area contributed by atoms with Gasteiger partial charge in [-0.3, -0.25) is 9.89 Å². The van der Waals surface area contributed by atoms with Gasteiger partial charge in [0.1, 0.15) is 18.1 Å². The third kappa shape index (κ3) is 4.44. The summed E-state index contributed by atoms with van der Waals surface area (Å²) < 4.78 is 17.1. The van der Waals surface area contributed by atoms with Gasteiger partial charge in [0.05, 0.1) is 11.7 Å². The summed E-state index contributed by atoms with van der Waals surface area (Å²) in [6, 6.07) is 30.9. The van der Waals surface area contributed by atoms with E-state index in [4.69, 9.17) is 25.8 Å². The second-order valence-corrected chi connectivity index (χ2v) is 10.2. The number of amides is 1. The Kier molecular flexibility index (Phi) is 6.13. The lowest BCUT2D eigenvalue weighted by atomic mass is 9.96. The molecule has 40 heavy (non-hydrogen) atoms. The van der Waals surface area contributed by atoms with Gasteiger partial charge in [-0.2, -0.15) is 5.10 Å². The number of H-pyrrole nitrogens is 1. The molecule has 198 valence electrons. The summed E-state index contributed by atoms with van der Waals surface area (Å²) in [7, 11) is 0. The molecule has 0 spiro atoms. The number of aromatic nitrogens is 2. The first kappa shape index (κ1) is 24.3. The van der Waals surface area contributed by atoms with Crippen LogP contribution < -0.4 is 14.2 Å². The van der Waals surface area contributed by atoms with E-state index in [9.17, 15) is 4.79 Å². The van der Waals surface area contributed by atoms with Crippen LogP contribution in [-0.4, -0.2) is 27.8 Å². The van der Waals surface area contributed by atoms with Crippen molar-refractivity contribution in [2.24, 2.45) is 0 Å². The van der Waals surface area contributed by atoms with Crippen molar-refractivity contribution in [1.82, 2.24) is 15.1 Å². The molecule has 1 N–H and O–H groups in total. The zero-order valence-corrected chi connectivity index (χ0v) is 22.1. The van der Waals surface area contributed by atoms with Gasteiger partial charge in [-0.1, -0.05) is 72.3 Å². The normalized spacial score (nSPS) is 15.4. The SMILES string of the molecule is O=C1c2[nH]nc(-c3ccc(Cl)cc3)c2C(c2ccc(OCc3ccccc3)cc2)N1Cc1ccc2c(c1)OCO2. The number of fused-ring (bicyclic) bond motifs is 2. The predicted octanol–water partition coefficient (Wildman–Crippen LogP) is 6.78. The van der Waals surface area contributed by atoms with Gasteiger partial charge in [0.15, 0.2) is 11.5 Å². The van der Waals surface area contributed by atoms with Gasteiger partial charge in [-0.15, -0.1) is 0 Å². The van der Waals surface area contributed by atoms with E-state index in [2.05, 4.69) is 10.2 Å². The molecule has 2 aliphatic heterocycles. The third-order valence-corrected chi connectivity index (χ3v) is 7.47. The summed E-state index contributed by atoms with van der Waals surface area (Å²) in [5.74, 6) is 2.03. The maximum atomic E-state index is 13.8. The number of benzene rings is 4. The second kappa shape index (κ2) is 10.1. The first-order valence-electron chi connectivity index (χ1n) is 12.9. The molecule has 1 unspecified atom stereocenters. The van der Waals surface area contributed by atoms with E-state index >= 15 is 0 Å². The van der Waals surface area contributed by atoms with Gasteiger partial charge >= 0.3 is 0 Å².